The standard InChI is InChI=1S/C11H21N3S/c1-8-9(7-15-11(2,3)4)10(12-5)14(6)13-8/h12H,7H2,1-6H3. The molecule has 0 aliphatic heterocycles. The van der Waals surface area contributed by atoms with Crippen molar-refractivity contribution < 1.29 is 0 Å². The molecule has 0 atom stereocenters. The summed E-state index contributed by atoms with van der Waals surface area (Å²) in [6, 6.07) is 0. The van der Waals surface area contributed by atoms with Crippen LogP contribution in [0.4, 0.5) is 5.82 Å². The van der Waals surface area contributed by atoms with Gasteiger partial charge in [0, 0.05) is 30.2 Å². The lowest BCUT2D eigenvalue weighted by Gasteiger charge is -2.17. The monoisotopic (exact) mass is 227 g/mol. The molecule has 1 aromatic heterocycles. The number of anilines is 1. The highest BCUT2D eigenvalue weighted by atomic mass is 32.2. The number of thioether (sulfide) groups is 1. The molecule has 86 valence electrons. The predicted molar refractivity (Wildman–Crippen MR) is 68.5 cm³/mol. The molecule has 4 heteroatoms. The van der Waals surface area contributed by atoms with Crippen LogP contribution in [0.5, 0.6) is 0 Å². The molecule has 15 heavy (non-hydrogen) atoms. The van der Waals surface area contributed by atoms with Gasteiger partial charge in [-0.15, -0.1) is 0 Å². The van der Waals surface area contributed by atoms with Gasteiger partial charge in [-0.3, -0.25) is 4.68 Å². The van der Waals surface area contributed by atoms with Crippen LogP contribution in [0.3, 0.4) is 0 Å². The zero-order valence-electron chi connectivity index (χ0n) is 10.5. The predicted octanol–water partition coefficient (Wildman–Crippen LogP) is 2.80. The molecule has 1 aromatic rings. The Balaban J connectivity index is 2.84. The van der Waals surface area contributed by atoms with Crippen molar-refractivity contribution in [2.24, 2.45) is 7.05 Å². The Labute approximate surface area is 96.6 Å². The SMILES string of the molecule is CNc1c(CSC(C)(C)C)c(C)nn1C. The third-order valence-electron chi connectivity index (χ3n) is 2.23. The molecule has 0 aliphatic carbocycles. The Kier molecular flexibility index (Phi) is 3.71. The molecule has 0 radical (unpaired) electrons. The van der Waals surface area contributed by atoms with Crippen molar-refractivity contribution in [3.63, 3.8) is 0 Å². The number of nitrogens with zero attached hydrogens (tertiary/aromatic N) is 2. The van der Waals surface area contributed by atoms with Crippen molar-refractivity contribution in [3.8, 4) is 0 Å². The molecule has 1 heterocycles. The number of aryl methyl sites for hydroxylation is 2. The second-order valence-electron chi connectivity index (χ2n) is 4.69. The molecule has 0 amide bonds. The van der Waals surface area contributed by atoms with Crippen LogP contribution in [-0.4, -0.2) is 21.6 Å². The van der Waals surface area contributed by atoms with E-state index in [0.717, 1.165) is 17.3 Å². The first kappa shape index (κ1) is 12.4. The molecule has 0 unspecified atom stereocenters. The quantitative estimate of drug-likeness (QED) is 0.861. The molecular formula is C11H21N3S. The topological polar surface area (TPSA) is 29.9 Å². The number of rotatable bonds is 3. The van der Waals surface area contributed by atoms with E-state index >= 15 is 0 Å². The lowest BCUT2D eigenvalue weighted by atomic mass is 10.2. The molecule has 1 rings (SSSR count). The summed E-state index contributed by atoms with van der Waals surface area (Å²) in [5, 5.41) is 7.63. The van der Waals surface area contributed by atoms with Gasteiger partial charge in [-0.1, -0.05) is 20.8 Å². The van der Waals surface area contributed by atoms with Gasteiger partial charge in [-0.2, -0.15) is 16.9 Å². The van der Waals surface area contributed by atoms with Gasteiger partial charge >= 0.3 is 0 Å². The van der Waals surface area contributed by atoms with E-state index in [9.17, 15) is 0 Å². The maximum atomic E-state index is 4.42. The fourth-order valence-corrected chi connectivity index (χ4v) is 2.40. The van der Waals surface area contributed by atoms with E-state index in [2.05, 4.69) is 38.1 Å². The average Bonchev–Trinajstić information content (AvgIpc) is 2.35. The van der Waals surface area contributed by atoms with Gasteiger partial charge in [0.15, 0.2) is 0 Å². The number of hydrogen-bond donors (Lipinski definition) is 1. The maximum absolute atomic E-state index is 4.42. The minimum atomic E-state index is 0.299. The molecule has 0 saturated heterocycles. The first-order chi connectivity index (χ1) is 6.85. The minimum absolute atomic E-state index is 0.299. The van der Waals surface area contributed by atoms with Crippen molar-refractivity contribution in [1.29, 1.82) is 0 Å². The Morgan fingerprint density at radius 2 is 2.00 bits per heavy atom. The van der Waals surface area contributed by atoms with Crippen LogP contribution >= 0.6 is 11.8 Å². The Morgan fingerprint density at radius 3 is 2.47 bits per heavy atom. The van der Waals surface area contributed by atoms with Gasteiger partial charge in [0.25, 0.3) is 0 Å². The van der Waals surface area contributed by atoms with Crippen LogP contribution in [-0.2, 0) is 12.8 Å². The molecule has 0 aromatic carbocycles. The van der Waals surface area contributed by atoms with E-state index in [-0.39, 0.29) is 0 Å². The van der Waals surface area contributed by atoms with E-state index in [4.69, 9.17) is 0 Å². The second kappa shape index (κ2) is 4.47. The lowest BCUT2D eigenvalue weighted by Crippen LogP contribution is -2.08. The molecular weight excluding hydrogens is 206 g/mol. The highest BCUT2D eigenvalue weighted by molar-refractivity contribution is 7.99. The van der Waals surface area contributed by atoms with Crippen molar-refractivity contribution in [1.82, 2.24) is 9.78 Å². The smallest absolute Gasteiger partial charge is 0.128 e. The van der Waals surface area contributed by atoms with Crippen LogP contribution in [0.25, 0.3) is 0 Å². The molecule has 3 nitrogen and oxygen atoms in total. The highest BCUT2D eigenvalue weighted by Gasteiger charge is 2.16. The van der Waals surface area contributed by atoms with Crippen LogP contribution in [0.15, 0.2) is 0 Å². The largest absolute Gasteiger partial charge is 0.373 e. The Morgan fingerprint density at radius 1 is 1.40 bits per heavy atom. The molecule has 0 fully saturated rings. The first-order valence-electron chi connectivity index (χ1n) is 5.19. The van der Waals surface area contributed by atoms with Gasteiger partial charge in [-0.25, -0.2) is 0 Å². The molecule has 0 spiro atoms. The normalized spacial score (nSPS) is 11.9. The van der Waals surface area contributed by atoms with E-state index < -0.39 is 0 Å². The first-order valence-corrected chi connectivity index (χ1v) is 6.18. The van der Waals surface area contributed by atoms with Crippen molar-refractivity contribution in [2.75, 3.05) is 12.4 Å². The molecule has 0 bridgehead atoms. The van der Waals surface area contributed by atoms with Gasteiger partial charge in [-0.05, 0) is 6.92 Å². The number of nitrogens with one attached hydrogen (secondary N) is 1. The van der Waals surface area contributed by atoms with E-state index in [1.54, 1.807) is 0 Å². The van der Waals surface area contributed by atoms with E-state index in [1.807, 2.05) is 30.5 Å². The zero-order chi connectivity index (χ0) is 11.6. The fourth-order valence-electron chi connectivity index (χ4n) is 1.48. The van der Waals surface area contributed by atoms with Gasteiger partial charge in [0.05, 0.1) is 5.69 Å². The summed E-state index contributed by atoms with van der Waals surface area (Å²) >= 11 is 1.95. The van der Waals surface area contributed by atoms with Crippen LogP contribution in [0, 0.1) is 6.92 Å². The Hall–Kier alpha value is -0.640. The van der Waals surface area contributed by atoms with Crippen LogP contribution in [0.1, 0.15) is 32.0 Å². The van der Waals surface area contributed by atoms with Crippen molar-refractivity contribution in [2.45, 2.75) is 38.2 Å². The maximum Gasteiger partial charge on any atom is 0.128 e. The van der Waals surface area contributed by atoms with Gasteiger partial charge < -0.3 is 5.32 Å². The van der Waals surface area contributed by atoms with E-state index in [1.165, 1.54) is 5.56 Å². The summed E-state index contributed by atoms with van der Waals surface area (Å²) < 4.78 is 2.21. The summed E-state index contributed by atoms with van der Waals surface area (Å²) in [6.45, 7) is 8.78. The third kappa shape index (κ3) is 3.16. The number of hydrogen-bond acceptors (Lipinski definition) is 3. The summed E-state index contributed by atoms with van der Waals surface area (Å²) in [4.78, 5) is 0. The molecule has 0 saturated carbocycles. The Bertz CT molecular complexity index is 336. The zero-order valence-corrected chi connectivity index (χ0v) is 11.3. The molecule has 1 N–H and O–H groups in total. The lowest BCUT2D eigenvalue weighted by molar-refractivity contribution is 0.763. The van der Waals surface area contributed by atoms with Gasteiger partial charge in [0.2, 0.25) is 0 Å². The second-order valence-corrected chi connectivity index (χ2v) is 6.49. The molecule has 0 aliphatic rings. The summed E-state index contributed by atoms with van der Waals surface area (Å²) in [5.74, 6) is 2.14. The van der Waals surface area contributed by atoms with Crippen molar-refractivity contribution >= 4 is 17.6 Å². The third-order valence-corrected chi connectivity index (χ3v) is 3.53. The highest BCUT2D eigenvalue weighted by Crippen LogP contribution is 2.31. The van der Waals surface area contributed by atoms with Crippen LogP contribution < -0.4 is 5.32 Å². The van der Waals surface area contributed by atoms with E-state index in [0.29, 0.717) is 4.75 Å². The van der Waals surface area contributed by atoms with Gasteiger partial charge in [0.1, 0.15) is 5.82 Å². The summed E-state index contributed by atoms with van der Waals surface area (Å²) in [5.41, 5.74) is 2.44. The fraction of sp³-hybridized carbons (Fsp3) is 0.727. The number of aromatic nitrogens is 2. The van der Waals surface area contributed by atoms with Crippen molar-refractivity contribution in [3.05, 3.63) is 11.3 Å². The minimum Gasteiger partial charge on any atom is -0.373 e. The average molecular weight is 227 g/mol. The summed E-state index contributed by atoms with van der Waals surface area (Å²) in [6.07, 6.45) is 0. The summed E-state index contributed by atoms with van der Waals surface area (Å²) in [7, 11) is 3.92. The van der Waals surface area contributed by atoms with Crippen LogP contribution in [0.2, 0.25) is 0 Å².